The third-order valence-corrected chi connectivity index (χ3v) is 2.61. The minimum atomic E-state index is -0.750. The van der Waals surface area contributed by atoms with Crippen LogP contribution in [0.3, 0.4) is 0 Å². The molecule has 0 saturated heterocycles. The van der Waals surface area contributed by atoms with Crippen LogP contribution in [0.25, 0.3) is 16.5 Å². The Labute approximate surface area is 112 Å². The fourth-order valence-corrected chi connectivity index (χ4v) is 1.64. The van der Waals surface area contributed by atoms with Crippen molar-refractivity contribution >= 4 is 12.0 Å². The number of carboxylic acid groups (broad SMARTS) is 1. The Balaban J connectivity index is 2.38. The first kappa shape index (κ1) is 14.8. The lowest BCUT2D eigenvalue weighted by Gasteiger charge is -2.00. The molecule has 19 heavy (non-hydrogen) atoms. The summed E-state index contributed by atoms with van der Waals surface area (Å²) in [6.07, 6.45) is 6.33. The Bertz CT molecular complexity index is 474. The lowest BCUT2D eigenvalue weighted by molar-refractivity contribution is -0.137. The van der Waals surface area contributed by atoms with Gasteiger partial charge in [0.2, 0.25) is 0 Å². The highest BCUT2D eigenvalue weighted by Crippen LogP contribution is 2.09. The topological polar surface area (TPSA) is 86.1 Å². The molecule has 0 heterocycles. The number of hydrogen-bond donors (Lipinski definition) is 1. The minimum absolute atomic E-state index is 0.209. The second-order valence-electron chi connectivity index (χ2n) is 4.13. The molecular formula is C14H17N3O2. The van der Waals surface area contributed by atoms with Gasteiger partial charge in [0.15, 0.2) is 0 Å². The van der Waals surface area contributed by atoms with Gasteiger partial charge >= 0.3 is 5.97 Å². The molecule has 0 bridgehead atoms. The van der Waals surface area contributed by atoms with E-state index in [9.17, 15) is 4.79 Å². The molecular weight excluding hydrogens is 242 g/mol. The summed E-state index contributed by atoms with van der Waals surface area (Å²) in [7, 11) is 0. The SMILES string of the molecule is [N-]=[N+]=NCCC=Cc1ccc(CCCC(=O)O)cc1. The van der Waals surface area contributed by atoms with Crippen LogP contribution in [0.1, 0.15) is 30.4 Å². The van der Waals surface area contributed by atoms with Crippen LogP contribution in [0.2, 0.25) is 0 Å². The quantitative estimate of drug-likeness (QED) is 0.333. The molecule has 0 aliphatic carbocycles. The summed E-state index contributed by atoms with van der Waals surface area (Å²) in [6, 6.07) is 8.02. The Morgan fingerprint density at radius 3 is 2.74 bits per heavy atom. The predicted octanol–water partition coefficient (Wildman–Crippen LogP) is 3.81. The van der Waals surface area contributed by atoms with Crippen molar-refractivity contribution in [1.29, 1.82) is 0 Å². The molecule has 0 spiro atoms. The Morgan fingerprint density at radius 1 is 1.37 bits per heavy atom. The van der Waals surface area contributed by atoms with Crippen LogP contribution < -0.4 is 0 Å². The fourth-order valence-electron chi connectivity index (χ4n) is 1.64. The minimum Gasteiger partial charge on any atom is -0.481 e. The number of carbonyl (C=O) groups is 1. The van der Waals surface area contributed by atoms with Crippen molar-refractivity contribution in [3.63, 3.8) is 0 Å². The molecule has 0 atom stereocenters. The zero-order valence-corrected chi connectivity index (χ0v) is 10.7. The molecule has 1 rings (SSSR count). The Morgan fingerprint density at radius 2 is 2.11 bits per heavy atom. The number of carboxylic acids is 1. The molecule has 0 amide bonds. The van der Waals surface area contributed by atoms with Crippen molar-refractivity contribution in [2.24, 2.45) is 5.11 Å². The summed E-state index contributed by atoms with van der Waals surface area (Å²) in [5, 5.41) is 12.0. The van der Waals surface area contributed by atoms with E-state index in [-0.39, 0.29) is 6.42 Å². The second kappa shape index (κ2) is 8.78. The van der Waals surface area contributed by atoms with Gasteiger partial charge in [-0.15, -0.1) is 0 Å². The third-order valence-electron chi connectivity index (χ3n) is 2.61. The zero-order chi connectivity index (χ0) is 13.9. The summed E-state index contributed by atoms with van der Waals surface area (Å²) in [6.45, 7) is 0.472. The highest BCUT2D eigenvalue weighted by atomic mass is 16.4. The lowest BCUT2D eigenvalue weighted by Crippen LogP contribution is -1.95. The van der Waals surface area contributed by atoms with Crippen LogP contribution in [0.5, 0.6) is 0 Å². The van der Waals surface area contributed by atoms with Gasteiger partial charge in [-0.25, -0.2) is 0 Å². The van der Waals surface area contributed by atoms with Crippen LogP contribution in [-0.2, 0) is 11.2 Å². The van der Waals surface area contributed by atoms with Crippen LogP contribution in [-0.4, -0.2) is 17.6 Å². The first-order valence-corrected chi connectivity index (χ1v) is 6.20. The normalized spacial score (nSPS) is 10.3. The van der Waals surface area contributed by atoms with E-state index in [0.29, 0.717) is 13.0 Å². The average Bonchev–Trinajstić information content (AvgIpc) is 2.40. The van der Waals surface area contributed by atoms with Crippen LogP contribution in [0.15, 0.2) is 35.5 Å². The number of aliphatic carboxylic acids is 1. The highest BCUT2D eigenvalue weighted by molar-refractivity contribution is 5.66. The number of rotatable bonds is 8. The Kier molecular flexibility index (Phi) is 6.84. The van der Waals surface area contributed by atoms with Gasteiger partial charge in [0, 0.05) is 17.9 Å². The van der Waals surface area contributed by atoms with E-state index in [0.717, 1.165) is 24.0 Å². The summed E-state index contributed by atoms with van der Waals surface area (Å²) in [4.78, 5) is 13.1. The molecule has 0 aromatic heterocycles. The van der Waals surface area contributed by atoms with Gasteiger partial charge < -0.3 is 5.11 Å². The average molecular weight is 259 g/mol. The summed E-state index contributed by atoms with van der Waals surface area (Å²) in [5.74, 6) is -0.750. The Hall–Kier alpha value is -2.26. The molecule has 1 N–H and O–H groups in total. The fraction of sp³-hybridized carbons (Fsp3) is 0.357. The maximum Gasteiger partial charge on any atom is 0.303 e. The predicted molar refractivity (Wildman–Crippen MR) is 74.7 cm³/mol. The number of hydrogen-bond acceptors (Lipinski definition) is 2. The van der Waals surface area contributed by atoms with E-state index in [4.69, 9.17) is 10.6 Å². The van der Waals surface area contributed by atoms with Crippen LogP contribution in [0, 0.1) is 0 Å². The van der Waals surface area contributed by atoms with Gasteiger partial charge in [-0.1, -0.05) is 41.5 Å². The van der Waals surface area contributed by atoms with Gasteiger partial charge in [-0.3, -0.25) is 4.79 Å². The van der Waals surface area contributed by atoms with Crippen molar-refractivity contribution < 1.29 is 9.90 Å². The lowest BCUT2D eigenvalue weighted by atomic mass is 10.1. The van der Waals surface area contributed by atoms with E-state index in [1.54, 1.807) is 0 Å². The van der Waals surface area contributed by atoms with Crippen LogP contribution >= 0.6 is 0 Å². The van der Waals surface area contributed by atoms with Gasteiger partial charge in [0.05, 0.1) is 0 Å². The summed E-state index contributed by atoms with van der Waals surface area (Å²) in [5.41, 5.74) is 10.3. The highest BCUT2D eigenvalue weighted by Gasteiger charge is 1.98. The zero-order valence-electron chi connectivity index (χ0n) is 10.7. The van der Waals surface area contributed by atoms with Crippen molar-refractivity contribution in [1.82, 2.24) is 0 Å². The molecule has 100 valence electrons. The number of benzene rings is 1. The van der Waals surface area contributed by atoms with E-state index < -0.39 is 5.97 Å². The smallest absolute Gasteiger partial charge is 0.303 e. The maximum atomic E-state index is 10.4. The van der Waals surface area contributed by atoms with E-state index >= 15 is 0 Å². The molecule has 0 radical (unpaired) electrons. The monoisotopic (exact) mass is 259 g/mol. The number of aryl methyl sites for hydroxylation is 1. The second-order valence-corrected chi connectivity index (χ2v) is 4.13. The molecule has 1 aromatic carbocycles. The number of nitrogens with zero attached hydrogens (tertiary/aromatic N) is 3. The summed E-state index contributed by atoms with van der Waals surface area (Å²) >= 11 is 0. The van der Waals surface area contributed by atoms with E-state index in [1.165, 1.54) is 0 Å². The maximum absolute atomic E-state index is 10.4. The first-order chi connectivity index (χ1) is 9.22. The van der Waals surface area contributed by atoms with Crippen molar-refractivity contribution in [3.05, 3.63) is 51.9 Å². The first-order valence-electron chi connectivity index (χ1n) is 6.20. The molecule has 5 heteroatoms. The largest absolute Gasteiger partial charge is 0.481 e. The third kappa shape index (κ3) is 6.91. The van der Waals surface area contributed by atoms with Gasteiger partial charge in [0.1, 0.15) is 0 Å². The van der Waals surface area contributed by atoms with Gasteiger partial charge in [0.25, 0.3) is 0 Å². The van der Waals surface area contributed by atoms with Crippen molar-refractivity contribution in [2.75, 3.05) is 6.54 Å². The molecule has 0 saturated carbocycles. The number of azide groups is 1. The molecule has 5 nitrogen and oxygen atoms in total. The molecule has 1 aromatic rings. The summed E-state index contributed by atoms with van der Waals surface area (Å²) < 4.78 is 0. The standard InChI is InChI=1S/C14H17N3O2/c15-17-16-11-2-1-4-12-7-9-13(10-8-12)5-3-6-14(18)19/h1,4,7-10H,2-3,5-6,11H2,(H,18,19). The van der Waals surface area contributed by atoms with Crippen molar-refractivity contribution in [3.8, 4) is 0 Å². The van der Waals surface area contributed by atoms with E-state index in [1.807, 2.05) is 36.4 Å². The molecule has 0 unspecified atom stereocenters. The molecule has 0 fully saturated rings. The van der Waals surface area contributed by atoms with Gasteiger partial charge in [-0.2, -0.15) is 0 Å². The van der Waals surface area contributed by atoms with E-state index in [2.05, 4.69) is 10.0 Å². The molecule has 0 aliphatic rings. The van der Waals surface area contributed by atoms with Crippen LogP contribution in [0.4, 0.5) is 0 Å². The molecule has 0 aliphatic heterocycles. The van der Waals surface area contributed by atoms with Gasteiger partial charge in [-0.05, 0) is 35.9 Å². The van der Waals surface area contributed by atoms with Crippen molar-refractivity contribution in [2.45, 2.75) is 25.7 Å².